The summed E-state index contributed by atoms with van der Waals surface area (Å²) in [5.74, 6) is 0.886. The van der Waals surface area contributed by atoms with E-state index in [1.165, 1.54) is 36.4 Å². The topological polar surface area (TPSA) is 39.7 Å². The molecular formula is C20H29IN4S. The first-order valence-electron chi connectivity index (χ1n) is 9.12. The highest BCUT2D eigenvalue weighted by Gasteiger charge is 2.23. The summed E-state index contributed by atoms with van der Waals surface area (Å²) in [5, 5.41) is 9.09. The predicted octanol–water partition coefficient (Wildman–Crippen LogP) is 3.91. The molecule has 2 N–H and O–H groups in total. The van der Waals surface area contributed by atoms with E-state index in [-0.39, 0.29) is 24.0 Å². The van der Waals surface area contributed by atoms with Gasteiger partial charge in [0.1, 0.15) is 0 Å². The molecule has 0 amide bonds. The highest BCUT2D eigenvalue weighted by atomic mass is 127. The Labute approximate surface area is 178 Å². The molecule has 3 rings (SSSR count). The molecule has 1 aromatic carbocycles. The SMILES string of the molecule is CN=C(NCCc1cccs1)NCC(c1ccccc1)N1CCCC1.I. The third kappa shape index (κ3) is 6.25. The summed E-state index contributed by atoms with van der Waals surface area (Å²) in [6.45, 7) is 4.15. The molecule has 0 bridgehead atoms. The first kappa shape index (κ1) is 21.2. The highest BCUT2D eigenvalue weighted by molar-refractivity contribution is 14.0. The van der Waals surface area contributed by atoms with Crippen LogP contribution in [0.3, 0.4) is 0 Å². The second kappa shape index (κ2) is 11.6. The van der Waals surface area contributed by atoms with Crippen LogP contribution in [0.4, 0.5) is 0 Å². The molecule has 1 unspecified atom stereocenters. The number of rotatable bonds is 7. The van der Waals surface area contributed by atoms with Gasteiger partial charge in [0.25, 0.3) is 0 Å². The lowest BCUT2D eigenvalue weighted by Gasteiger charge is -2.29. The molecule has 26 heavy (non-hydrogen) atoms. The fourth-order valence-electron chi connectivity index (χ4n) is 3.36. The van der Waals surface area contributed by atoms with Crippen LogP contribution in [-0.2, 0) is 6.42 Å². The molecule has 1 saturated heterocycles. The Balaban J connectivity index is 0.00000243. The number of benzene rings is 1. The van der Waals surface area contributed by atoms with Gasteiger partial charge < -0.3 is 10.6 Å². The average molecular weight is 484 g/mol. The van der Waals surface area contributed by atoms with Crippen molar-refractivity contribution in [2.24, 2.45) is 4.99 Å². The average Bonchev–Trinajstić information content (AvgIpc) is 3.35. The van der Waals surface area contributed by atoms with Gasteiger partial charge in [0.2, 0.25) is 0 Å². The fourth-order valence-corrected chi connectivity index (χ4v) is 4.07. The maximum atomic E-state index is 4.38. The molecule has 4 nitrogen and oxygen atoms in total. The molecule has 142 valence electrons. The number of nitrogens with one attached hydrogen (secondary N) is 2. The van der Waals surface area contributed by atoms with Crippen molar-refractivity contribution in [2.45, 2.75) is 25.3 Å². The standard InChI is InChI=1S/C20H28N4S.HI/c1-21-20(22-12-11-18-10-7-15-25-18)23-16-19(24-13-5-6-14-24)17-8-3-2-4-9-17;/h2-4,7-10,15,19H,5-6,11-14,16H2,1H3,(H2,21,22,23);1H. The van der Waals surface area contributed by atoms with Crippen molar-refractivity contribution >= 4 is 41.3 Å². The number of nitrogens with zero attached hydrogens (tertiary/aromatic N) is 2. The molecule has 1 aliphatic rings. The van der Waals surface area contributed by atoms with Crippen molar-refractivity contribution in [1.82, 2.24) is 15.5 Å². The lowest BCUT2D eigenvalue weighted by atomic mass is 10.1. The third-order valence-corrected chi connectivity index (χ3v) is 5.63. The van der Waals surface area contributed by atoms with E-state index in [1.54, 1.807) is 0 Å². The molecule has 6 heteroatoms. The third-order valence-electron chi connectivity index (χ3n) is 4.70. The molecule has 1 aromatic heterocycles. The van der Waals surface area contributed by atoms with E-state index in [0.717, 1.165) is 25.5 Å². The smallest absolute Gasteiger partial charge is 0.191 e. The first-order valence-corrected chi connectivity index (χ1v) is 10.0. The zero-order valence-corrected chi connectivity index (χ0v) is 18.5. The summed E-state index contributed by atoms with van der Waals surface area (Å²) in [7, 11) is 1.84. The van der Waals surface area contributed by atoms with Crippen molar-refractivity contribution < 1.29 is 0 Å². The minimum Gasteiger partial charge on any atom is -0.356 e. The Kier molecular flexibility index (Phi) is 9.42. The van der Waals surface area contributed by atoms with Crippen LogP contribution in [0.1, 0.15) is 29.3 Å². The zero-order chi connectivity index (χ0) is 17.3. The number of guanidine groups is 1. The van der Waals surface area contributed by atoms with Gasteiger partial charge in [-0.25, -0.2) is 0 Å². The van der Waals surface area contributed by atoms with Crippen molar-refractivity contribution in [3.05, 3.63) is 58.3 Å². The van der Waals surface area contributed by atoms with Crippen LogP contribution < -0.4 is 10.6 Å². The number of aliphatic imine (C=N–C) groups is 1. The Morgan fingerprint density at radius 2 is 1.88 bits per heavy atom. The fraction of sp³-hybridized carbons (Fsp3) is 0.450. The molecule has 2 heterocycles. The van der Waals surface area contributed by atoms with E-state index in [4.69, 9.17) is 0 Å². The zero-order valence-electron chi connectivity index (χ0n) is 15.4. The van der Waals surface area contributed by atoms with Crippen LogP contribution in [-0.4, -0.2) is 44.1 Å². The monoisotopic (exact) mass is 484 g/mol. The molecular weight excluding hydrogens is 455 g/mol. The normalized spacial score (nSPS) is 16.1. The van der Waals surface area contributed by atoms with E-state index in [0.29, 0.717) is 6.04 Å². The van der Waals surface area contributed by atoms with E-state index >= 15 is 0 Å². The van der Waals surface area contributed by atoms with Crippen LogP contribution in [0, 0.1) is 0 Å². The Hall–Kier alpha value is -1.12. The van der Waals surface area contributed by atoms with Crippen LogP contribution in [0.25, 0.3) is 0 Å². The van der Waals surface area contributed by atoms with Gasteiger partial charge in [-0.15, -0.1) is 35.3 Å². The number of thiophene rings is 1. The summed E-state index contributed by atoms with van der Waals surface area (Å²) in [6, 6.07) is 15.5. The maximum Gasteiger partial charge on any atom is 0.191 e. The number of likely N-dealkylation sites (tertiary alicyclic amines) is 1. The Bertz CT molecular complexity index is 639. The van der Waals surface area contributed by atoms with Crippen molar-refractivity contribution in [1.29, 1.82) is 0 Å². The summed E-state index contributed by atoms with van der Waals surface area (Å²) >= 11 is 1.81. The Morgan fingerprint density at radius 1 is 1.12 bits per heavy atom. The quantitative estimate of drug-likeness (QED) is 0.356. The van der Waals surface area contributed by atoms with Gasteiger partial charge in [-0.2, -0.15) is 0 Å². The predicted molar refractivity (Wildman–Crippen MR) is 123 cm³/mol. The van der Waals surface area contributed by atoms with Gasteiger partial charge in [-0.05, 0) is 49.4 Å². The molecule has 0 aliphatic carbocycles. The van der Waals surface area contributed by atoms with Crippen molar-refractivity contribution in [3.8, 4) is 0 Å². The summed E-state index contributed by atoms with van der Waals surface area (Å²) in [5.41, 5.74) is 1.38. The van der Waals surface area contributed by atoms with Crippen LogP contribution >= 0.6 is 35.3 Å². The maximum absolute atomic E-state index is 4.38. The minimum absolute atomic E-state index is 0. The molecule has 2 aromatic rings. The molecule has 0 radical (unpaired) electrons. The van der Waals surface area contributed by atoms with Gasteiger partial charge >= 0.3 is 0 Å². The first-order chi connectivity index (χ1) is 12.4. The largest absolute Gasteiger partial charge is 0.356 e. The molecule has 1 fully saturated rings. The summed E-state index contributed by atoms with van der Waals surface area (Å²) in [6.07, 6.45) is 3.64. The van der Waals surface area contributed by atoms with E-state index in [9.17, 15) is 0 Å². The van der Waals surface area contributed by atoms with Gasteiger partial charge in [0.15, 0.2) is 5.96 Å². The van der Waals surface area contributed by atoms with Gasteiger partial charge in [-0.1, -0.05) is 36.4 Å². The Morgan fingerprint density at radius 3 is 2.54 bits per heavy atom. The molecule has 0 saturated carbocycles. The summed E-state index contributed by atoms with van der Waals surface area (Å²) in [4.78, 5) is 8.37. The van der Waals surface area contributed by atoms with E-state index in [1.807, 2.05) is 18.4 Å². The van der Waals surface area contributed by atoms with Crippen LogP contribution in [0.2, 0.25) is 0 Å². The van der Waals surface area contributed by atoms with Gasteiger partial charge in [-0.3, -0.25) is 9.89 Å². The van der Waals surface area contributed by atoms with Crippen molar-refractivity contribution in [2.75, 3.05) is 33.2 Å². The second-order valence-electron chi connectivity index (χ2n) is 6.38. The lowest BCUT2D eigenvalue weighted by molar-refractivity contribution is 0.245. The summed E-state index contributed by atoms with van der Waals surface area (Å²) < 4.78 is 0. The minimum atomic E-state index is 0. The lowest BCUT2D eigenvalue weighted by Crippen LogP contribution is -2.43. The molecule has 1 atom stereocenters. The number of hydrogen-bond donors (Lipinski definition) is 2. The number of hydrogen-bond acceptors (Lipinski definition) is 3. The van der Waals surface area contributed by atoms with Gasteiger partial charge in [0, 0.05) is 25.0 Å². The number of halogens is 1. The van der Waals surface area contributed by atoms with Crippen LogP contribution in [0.15, 0.2) is 52.8 Å². The molecule has 0 spiro atoms. The van der Waals surface area contributed by atoms with Crippen molar-refractivity contribution in [3.63, 3.8) is 0 Å². The van der Waals surface area contributed by atoms with Crippen LogP contribution in [0.5, 0.6) is 0 Å². The second-order valence-corrected chi connectivity index (χ2v) is 7.41. The van der Waals surface area contributed by atoms with E-state index < -0.39 is 0 Å². The van der Waals surface area contributed by atoms with E-state index in [2.05, 4.69) is 68.4 Å². The van der Waals surface area contributed by atoms with Gasteiger partial charge in [0.05, 0.1) is 6.04 Å². The molecule has 1 aliphatic heterocycles. The highest BCUT2D eigenvalue weighted by Crippen LogP contribution is 2.24.